The van der Waals surface area contributed by atoms with Gasteiger partial charge in [-0.3, -0.25) is 4.79 Å². The molecule has 1 aromatic heterocycles. The zero-order valence-corrected chi connectivity index (χ0v) is 10.8. The minimum atomic E-state index is -0.127. The molecular weight excluding hydrogens is 216 g/mol. The highest BCUT2D eigenvalue weighted by atomic mass is 16.1. The molecular formula is C12H22N4O. The van der Waals surface area contributed by atoms with Crippen molar-refractivity contribution in [1.82, 2.24) is 15.3 Å². The first-order valence-corrected chi connectivity index (χ1v) is 5.87. The molecule has 5 nitrogen and oxygen atoms in total. The molecule has 1 aromatic rings. The van der Waals surface area contributed by atoms with Crippen LogP contribution in [0.5, 0.6) is 0 Å². The van der Waals surface area contributed by atoms with Crippen molar-refractivity contribution in [1.29, 1.82) is 0 Å². The lowest BCUT2D eigenvalue weighted by Crippen LogP contribution is -2.36. The van der Waals surface area contributed by atoms with Crippen molar-refractivity contribution in [3.63, 3.8) is 0 Å². The van der Waals surface area contributed by atoms with Crippen LogP contribution in [0.4, 0.5) is 0 Å². The fourth-order valence-electron chi connectivity index (χ4n) is 1.73. The normalized spacial score (nSPS) is 13.4. The Balaban J connectivity index is 2.44. The molecule has 0 radical (unpaired) electrons. The maximum atomic E-state index is 11.9. The number of aromatic nitrogens is 2. The van der Waals surface area contributed by atoms with Gasteiger partial charge in [0.05, 0.1) is 24.5 Å². The summed E-state index contributed by atoms with van der Waals surface area (Å²) in [6.07, 6.45) is 4.08. The molecule has 1 amide bonds. The summed E-state index contributed by atoms with van der Waals surface area (Å²) in [5.74, 6) is -0.116. The molecule has 1 heterocycles. The smallest absolute Gasteiger partial charge is 0.224 e. The monoisotopic (exact) mass is 238 g/mol. The van der Waals surface area contributed by atoms with Gasteiger partial charge in [-0.05, 0) is 11.8 Å². The summed E-state index contributed by atoms with van der Waals surface area (Å²) >= 11 is 0. The Morgan fingerprint density at radius 3 is 2.76 bits per heavy atom. The molecule has 0 spiro atoms. The zero-order chi connectivity index (χ0) is 12.9. The van der Waals surface area contributed by atoms with Crippen LogP contribution in [0.15, 0.2) is 12.5 Å². The van der Waals surface area contributed by atoms with Crippen molar-refractivity contribution in [3.8, 4) is 0 Å². The van der Waals surface area contributed by atoms with Crippen LogP contribution >= 0.6 is 0 Å². The van der Waals surface area contributed by atoms with E-state index in [0.717, 1.165) is 12.1 Å². The van der Waals surface area contributed by atoms with Crippen LogP contribution in [0.25, 0.3) is 0 Å². The number of carbonyl (C=O) groups excluding carboxylic acids is 1. The number of nitrogens with two attached hydrogens (primary N) is 1. The third-order valence-electron chi connectivity index (χ3n) is 2.52. The molecule has 5 heteroatoms. The number of H-pyrrole nitrogens is 1. The summed E-state index contributed by atoms with van der Waals surface area (Å²) in [5, 5.41) is 2.87. The molecule has 0 aliphatic heterocycles. The number of hydrogen-bond donors (Lipinski definition) is 3. The van der Waals surface area contributed by atoms with Crippen molar-refractivity contribution >= 4 is 5.91 Å². The van der Waals surface area contributed by atoms with Crippen molar-refractivity contribution in [2.45, 2.75) is 33.7 Å². The van der Waals surface area contributed by atoms with E-state index >= 15 is 0 Å². The first kappa shape index (κ1) is 13.7. The van der Waals surface area contributed by atoms with Gasteiger partial charge in [-0.1, -0.05) is 20.8 Å². The number of rotatable bonds is 5. The summed E-state index contributed by atoms with van der Waals surface area (Å²) in [6, 6.07) is 0. The topological polar surface area (TPSA) is 83.8 Å². The minimum absolute atomic E-state index is 0.0111. The molecule has 0 saturated carbocycles. The highest BCUT2D eigenvalue weighted by Crippen LogP contribution is 2.23. The van der Waals surface area contributed by atoms with E-state index in [1.54, 1.807) is 12.5 Å². The number of aromatic amines is 1. The van der Waals surface area contributed by atoms with Gasteiger partial charge in [0.1, 0.15) is 0 Å². The van der Waals surface area contributed by atoms with E-state index in [4.69, 9.17) is 5.73 Å². The van der Waals surface area contributed by atoms with Crippen molar-refractivity contribution in [3.05, 3.63) is 18.2 Å². The molecule has 4 N–H and O–H groups in total. The maximum Gasteiger partial charge on any atom is 0.224 e. The summed E-state index contributed by atoms with van der Waals surface area (Å²) in [5.41, 5.74) is 6.65. The molecule has 0 fully saturated rings. The molecule has 0 aliphatic carbocycles. The highest BCUT2D eigenvalue weighted by Gasteiger charge is 2.23. The predicted molar refractivity (Wildman–Crippen MR) is 67.1 cm³/mol. The first-order valence-electron chi connectivity index (χ1n) is 5.87. The Hall–Kier alpha value is -1.36. The van der Waals surface area contributed by atoms with Gasteiger partial charge in [0.2, 0.25) is 5.91 Å². The van der Waals surface area contributed by atoms with Crippen LogP contribution in [0, 0.1) is 11.3 Å². The summed E-state index contributed by atoms with van der Waals surface area (Å²) in [6.45, 7) is 7.18. The number of carbonyl (C=O) groups is 1. The second-order valence-electron chi connectivity index (χ2n) is 5.49. The molecule has 0 aliphatic rings. The van der Waals surface area contributed by atoms with Gasteiger partial charge in [0.15, 0.2) is 0 Å². The predicted octanol–water partition coefficient (Wildman–Crippen LogP) is 1.04. The molecule has 1 rings (SSSR count). The Bertz CT molecular complexity index is 340. The van der Waals surface area contributed by atoms with Crippen LogP contribution in [0.3, 0.4) is 0 Å². The largest absolute Gasteiger partial charge is 0.350 e. The van der Waals surface area contributed by atoms with E-state index in [-0.39, 0.29) is 17.2 Å². The first-order chi connectivity index (χ1) is 7.92. The minimum Gasteiger partial charge on any atom is -0.350 e. The van der Waals surface area contributed by atoms with E-state index in [2.05, 4.69) is 36.1 Å². The molecule has 1 atom stereocenters. The lowest BCUT2D eigenvalue weighted by atomic mass is 9.84. The molecule has 0 aromatic carbocycles. The fourth-order valence-corrected chi connectivity index (χ4v) is 1.73. The fraction of sp³-hybridized carbons (Fsp3) is 0.667. The van der Waals surface area contributed by atoms with E-state index in [9.17, 15) is 4.79 Å². The van der Waals surface area contributed by atoms with Gasteiger partial charge in [-0.2, -0.15) is 0 Å². The Kier molecular flexibility index (Phi) is 4.69. The van der Waals surface area contributed by atoms with Gasteiger partial charge in [0, 0.05) is 12.7 Å². The number of nitrogens with one attached hydrogen (secondary N) is 2. The van der Waals surface area contributed by atoms with Crippen molar-refractivity contribution < 1.29 is 4.79 Å². The Morgan fingerprint density at radius 2 is 2.29 bits per heavy atom. The van der Waals surface area contributed by atoms with E-state index in [0.29, 0.717) is 13.1 Å². The summed E-state index contributed by atoms with van der Waals surface area (Å²) in [7, 11) is 0. The number of amides is 1. The van der Waals surface area contributed by atoms with Crippen LogP contribution in [-0.2, 0) is 11.3 Å². The van der Waals surface area contributed by atoms with E-state index < -0.39 is 0 Å². The quantitative estimate of drug-likeness (QED) is 0.716. The zero-order valence-electron chi connectivity index (χ0n) is 10.8. The molecule has 17 heavy (non-hydrogen) atoms. The van der Waals surface area contributed by atoms with Crippen LogP contribution in [-0.4, -0.2) is 22.4 Å². The average molecular weight is 238 g/mol. The van der Waals surface area contributed by atoms with Crippen LogP contribution < -0.4 is 11.1 Å². The number of nitrogens with zero attached hydrogens (tertiary/aromatic N) is 1. The van der Waals surface area contributed by atoms with Crippen LogP contribution in [0.1, 0.15) is 32.9 Å². The molecule has 96 valence electrons. The summed E-state index contributed by atoms with van der Waals surface area (Å²) < 4.78 is 0. The summed E-state index contributed by atoms with van der Waals surface area (Å²) in [4.78, 5) is 18.8. The van der Waals surface area contributed by atoms with E-state index in [1.807, 2.05) is 0 Å². The van der Waals surface area contributed by atoms with Crippen molar-refractivity contribution in [2.24, 2.45) is 17.1 Å². The van der Waals surface area contributed by atoms with Crippen LogP contribution in [0.2, 0.25) is 0 Å². The van der Waals surface area contributed by atoms with Gasteiger partial charge in [-0.25, -0.2) is 4.98 Å². The molecule has 0 bridgehead atoms. The highest BCUT2D eigenvalue weighted by molar-refractivity contribution is 5.78. The van der Waals surface area contributed by atoms with Crippen molar-refractivity contribution in [2.75, 3.05) is 6.54 Å². The number of hydrogen-bond acceptors (Lipinski definition) is 3. The van der Waals surface area contributed by atoms with Gasteiger partial charge >= 0.3 is 0 Å². The molecule has 1 unspecified atom stereocenters. The lowest BCUT2D eigenvalue weighted by Gasteiger charge is -2.24. The lowest BCUT2D eigenvalue weighted by molar-refractivity contribution is -0.125. The second kappa shape index (κ2) is 5.82. The van der Waals surface area contributed by atoms with Gasteiger partial charge in [-0.15, -0.1) is 0 Å². The standard InChI is InChI=1S/C12H22N4O/c1-12(2,3)4-9(5-13)11(17)15-7-10-6-14-8-16-10/h6,8-9H,4-5,7,13H2,1-3H3,(H,14,16)(H,15,17). The Labute approximate surface area is 102 Å². The SMILES string of the molecule is CC(C)(C)CC(CN)C(=O)NCc1cnc[nH]1. The number of imidazole rings is 1. The Morgan fingerprint density at radius 1 is 1.59 bits per heavy atom. The third kappa shape index (κ3) is 4.99. The van der Waals surface area contributed by atoms with E-state index in [1.165, 1.54) is 0 Å². The average Bonchev–Trinajstić information content (AvgIpc) is 2.74. The molecule has 0 saturated heterocycles. The van der Waals surface area contributed by atoms with Gasteiger partial charge < -0.3 is 16.0 Å². The maximum absolute atomic E-state index is 11.9. The third-order valence-corrected chi connectivity index (χ3v) is 2.52. The second-order valence-corrected chi connectivity index (χ2v) is 5.49. The van der Waals surface area contributed by atoms with Gasteiger partial charge in [0.25, 0.3) is 0 Å².